The van der Waals surface area contributed by atoms with Crippen LogP contribution in [0.5, 0.6) is 0 Å². The summed E-state index contributed by atoms with van der Waals surface area (Å²) in [6.07, 6.45) is -4.50. The van der Waals surface area contributed by atoms with Crippen molar-refractivity contribution in [2.45, 2.75) is 19.0 Å². The van der Waals surface area contributed by atoms with Crippen LogP contribution in [0.3, 0.4) is 0 Å². The summed E-state index contributed by atoms with van der Waals surface area (Å²) >= 11 is 0. The van der Waals surface area contributed by atoms with Crippen LogP contribution in [-0.2, 0) is 15.7 Å². The second-order valence-electron chi connectivity index (χ2n) is 6.09. The Morgan fingerprint density at radius 3 is 2.33 bits per heavy atom. The highest BCUT2D eigenvalue weighted by Gasteiger charge is 2.30. The molecule has 0 aliphatic carbocycles. The van der Waals surface area contributed by atoms with Crippen LogP contribution >= 0.6 is 0 Å². The Balaban J connectivity index is 1.64. The van der Waals surface area contributed by atoms with E-state index in [1.807, 2.05) is 0 Å². The molecule has 5 nitrogen and oxygen atoms in total. The fourth-order valence-electron chi connectivity index (χ4n) is 2.68. The molecule has 0 aromatic heterocycles. The van der Waals surface area contributed by atoms with Gasteiger partial charge in [-0.05, 0) is 55.0 Å². The van der Waals surface area contributed by atoms with E-state index in [1.54, 1.807) is 19.1 Å². The second kappa shape index (κ2) is 6.86. The first-order chi connectivity index (χ1) is 12.7. The number of carbonyl (C=O) groups is 3. The van der Waals surface area contributed by atoms with Crippen molar-refractivity contribution in [1.29, 1.82) is 0 Å². The highest BCUT2D eigenvalue weighted by atomic mass is 19.4. The number of fused-ring (bicyclic) bond motifs is 1. The van der Waals surface area contributed by atoms with Crippen LogP contribution < -0.4 is 5.32 Å². The van der Waals surface area contributed by atoms with Crippen LogP contribution in [-0.4, -0.2) is 24.3 Å². The molecule has 1 amide bonds. The number of esters is 1. The van der Waals surface area contributed by atoms with Gasteiger partial charge in [-0.2, -0.15) is 13.2 Å². The molecule has 1 N–H and O–H groups in total. The van der Waals surface area contributed by atoms with Crippen molar-refractivity contribution in [3.63, 3.8) is 0 Å². The van der Waals surface area contributed by atoms with Gasteiger partial charge in [-0.1, -0.05) is 0 Å². The molecular formula is C19H14F3NO4. The fourth-order valence-corrected chi connectivity index (χ4v) is 2.68. The average Bonchev–Trinajstić information content (AvgIpc) is 2.92. The van der Waals surface area contributed by atoms with Crippen LogP contribution in [0, 0.1) is 0 Å². The van der Waals surface area contributed by atoms with Gasteiger partial charge in [0.2, 0.25) is 5.91 Å². The smallest absolute Gasteiger partial charge is 0.416 e. The van der Waals surface area contributed by atoms with E-state index < -0.39 is 30.1 Å². The Morgan fingerprint density at radius 1 is 1.07 bits per heavy atom. The maximum atomic E-state index is 12.5. The second-order valence-corrected chi connectivity index (χ2v) is 6.09. The van der Waals surface area contributed by atoms with Gasteiger partial charge in [-0.3, -0.25) is 9.59 Å². The number of halogens is 3. The minimum atomic E-state index is -4.50. The summed E-state index contributed by atoms with van der Waals surface area (Å²) in [5.74, 6) is -1.93. The van der Waals surface area contributed by atoms with E-state index in [2.05, 4.69) is 5.32 Å². The van der Waals surface area contributed by atoms with Crippen molar-refractivity contribution < 1.29 is 32.3 Å². The number of Topliss-reactive ketones (excluding diaryl/α,β-unsaturated/α-hetero) is 1. The number of benzene rings is 2. The van der Waals surface area contributed by atoms with Crippen LogP contribution in [0.1, 0.15) is 44.7 Å². The molecule has 0 fully saturated rings. The fraction of sp³-hybridized carbons (Fsp3) is 0.211. The monoisotopic (exact) mass is 377 g/mol. The summed E-state index contributed by atoms with van der Waals surface area (Å²) in [5.41, 5.74) is 0.613. The van der Waals surface area contributed by atoms with Crippen LogP contribution in [0.15, 0.2) is 42.5 Å². The van der Waals surface area contributed by atoms with Gasteiger partial charge >= 0.3 is 12.1 Å². The quantitative estimate of drug-likeness (QED) is 0.650. The molecule has 27 heavy (non-hydrogen) atoms. The highest BCUT2D eigenvalue weighted by molar-refractivity contribution is 6.05. The molecule has 2 aromatic rings. The molecule has 0 saturated heterocycles. The van der Waals surface area contributed by atoms with Crippen molar-refractivity contribution in [3.8, 4) is 0 Å². The first-order valence-electron chi connectivity index (χ1n) is 7.99. The molecule has 1 aliphatic heterocycles. The third kappa shape index (κ3) is 3.84. The summed E-state index contributed by atoms with van der Waals surface area (Å²) in [6.45, 7) is 1.15. The number of alkyl halides is 3. The molecule has 0 radical (unpaired) electrons. The molecule has 0 bridgehead atoms. The first-order valence-corrected chi connectivity index (χ1v) is 7.99. The minimum absolute atomic E-state index is 0.0897. The zero-order chi connectivity index (χ0) is 19.8. The molecule has 140 valence electrons. The largest absolute Gasteiger partial charge is 0.454 e. The molecule has 0 spiro atoms. The Labute approximate surface area is 152 Å². The topological polar surface area (TPSA) is 72.5 Å². The molecule has 1 aliphatic rings. The number of anilines is 1. The summed E-state index contributed by atoms with van der Waals surface area (Å²) < 4.78 is 42.5. The van der Waals surface area contributed by atoms with Crippen molar-refractivity contribution in [3.05, 3.63) is 64.7 Å². The van der Waals surface area contributed by atoms with Crippen molar-refractivity contribution in [1.82, 2.24) is 0 Å². The normalized spacial score (nSPS) is 15.9. The lowest BCUT2D eigenvalue weighted by Gasteiger charge is -2.08. The Hall–Kier alpha value is -3.16. The van der Waals surface area contributed by atoms with Crippen LogP contribution in [0.2, 0.25) is 0 Å². The predicted octanol–water partition coefficient (Wildman–Crippen LogP) is 3.80. The van der Waals surface area contributed by atoms with Gasteiger partial charge in [-0.15, -0.1) is 0 Å². The summed E-state index contributed by atoms with van der Waals surface area (Å²) in [4.78, 5) is 35.8. The molecule has 2 aromatic carbocycles. The van der Waals surface area contributed by atoms with E-state index in [1.165, 1.54) is 6.07 Å². The van der Waals surface area contributed by atoms with Crippen LogP contribution in [0.4, 0.5) is 18.9 Å². The Morgan fingerprint density at radius 2 is 1.70 bits per heavy atom. The molecular weight excluding hydrogens is 363 g/mol. The average molecular weight is 377 g/mol. The van der Waals surface area contributed by atoms with E-state index >= 15 is 0 Å². The highest BCUT2D eigenvalue weighted by Crippen LogP contribution is 2.33. The predicted molar refractivity (Wildman–Crippen MR) is 89.5 cm³/mol. The number of rotatable bonds is 4. The van der Waals surface area contributed by atoms with Gasteiger partial charge < -0.3 is 10.1 Å². The first kappa shape index (κ1) is 18.6. The van der Waals surface area contributed by atoms with Gasteiger partial charge in [0, 0.05) is 11.3 Å². The number of carbonyl (C=O) groups excluding carboxylic acids is 3. The van der Waals surface area contributed by atoms with Gasteiger partial charge in [0.15, 0.2) is 12.4 Å². The van der Waals surface area contributed by atoms with E-state index in [4.69, 9.17) is 4.74 Å². The molecule has 8 heteroatoms. The summed E-state index contributed by atoms with van der Waals surface area (Å²) in [5, 5.41) is 2.68. The van der Waals surface area contributed by atoms with E-state index in [0.29, 0.717) is 11.3 Å². The minimum Gasteiger partial charge on any atom is -0.454 e. The van der Waals surface area contributed by atoms with Gasteiger partial charge in [0.25, 0.3) is 0 Å². The van der Waals surface area contributed by atoms with Crippen molar-refractivity contribution >= 4 is 23.3 Å². The summed E-state index contributed by atoms with van der Waals surface area (Å²) in [6, 6.07) is 8.18. The third-order valence-corrected chi connectivity index (χ3v) is 4.27. The zero-order valence-corrected chi connectivity index (χ0v) is 14.1. The number of amides is 1. The van der Waals surface area contributed by atoms with Crippen molar-refractivity contribution in [2.24, 2.45) is 0 Å². The van der Waals surface area contributed by atoms with Gasteiger partial charge in [-0.25, -0.2) is 4.79 Å². The maximum Gasteiger partial charge on any atom is 0.416 e. The molecule has 0 saturated carbocycles. The van der Waals surface area contributed by atoms with Gasteiger partial charge in [0.05, 0.1) is 17.0 Å². The molecule has 1 heterocycles. The SMILES string of the molecule is C[C@@H]1C(=O)Nc2ccc(C(=O)COC(=O)c3ccc(C(F)(F)F)cc3)cc21. The zero-order valence-electron chi connectivity index (χ0n) is 14.1. The number of nitrogens with one attached hydrogen (secondary N) is 1. The lowest BCUT2D eigenvalue weighted by atomic mass is 9.99. The van der Waals surface area contributed by atoms with Crippen LogP contribution in [0.25, 0.3) is 0 Å². The standard InChI is InChI=1S/C19H14F3NO4/c1-10-14-8-12(4-7-15(14)23-17(10)25)16(24)9-27-18(26)11-2-5-13(6-3-11)19(20,21)22/h2-8,10H,9H2,1H3,(H,23,25)/t10-/m0/s1. The molecule has 3 rings (SSSR count). The number of ether oxygens (including phenoxy) is 1. The Kier molecular flexibility index (Phi) is 4.73. The lowest BCUT2D eigenvalue weighted by molar-refractivity contribution is -0.137. The number of ketones is 1. The Bertz CT molecular complexity index is 920. The van der Waals surface area contributed by atoms with E-state index in [9.17, 15) is 27.6 Å². The number of hydrogen-bond donors (Lipinski definition) is 1. The van der Waals surface area contributed by atoms with Crippen molar-refractivity contribution in [2.75, 3.05) is 11.9 Å². The lowest BCUT2D eigenvalue weighted by Crippen LogP contribution is -2.15. The summed E-state index contributed by atoms with van der Waals surface area (Å²) in [7, 11) is 0. The van der Waals surface area contributed by atoms with E-state index in [0.717, 1.165) is 24.3 Å². The maximum absolute atomic E-state index is 12.5. The number of hydrogen-bond acceptors (Lipinski definition) is 4. The molecule has 1 atom stereocenters. The van der Waals surface area contributed by atoms with E-state index in [-0.39, 0.29) is 23.0 Å². The third-order valence-electron chi connectivity index (χ3n) is 4.27. The molecule has 0 unspecified atom stereocenters. The van der Waals surface area contributed by atoms with Gasteiger partial charge in [0.1, 0.15) is 0 Å².